The number of rotatable bonds is 8. The van der Waals surface area contributed by atoms with Gasteiger partial charge in [0.25, 0.3) is 0 Å². The number of para-hydroxylation sites is 6. The van der Waals surface area contributed by atoms with Crippen molar-refractivity contribution in [2.45, 2.75) is 0 Å². The van der Waals surface area contributed by atoms with Gasteiger partial charge >= 0.3 is 0 Å². The smallest absolute Gasteiger partial charge is 0.160 e. The molecule has 0 fully saturated rings. The molecule has 0 atom stereocenters. The van der Waals surface area contributed by atoms with Crippen LogP contribution in [0.1, 0.15) is 0 Å². The zero-order chi connectivity index (χ0) is 61.0. The Labute approximate surface area is 532 Å². The maximum absolute atomic E-state index is 14.9. The number of hydrogen-bond acceptors (Lipinski definition) is 2. The van der Waals surface area contributed by atoms with Crippen LogP contribution in [0.2, 0.25) is 0 Å². The first kappa shape index (κ1) is 51.4. The maximum Gasteiger partial charge on any atom is 0.160 e. The van der Waals surface area contributed by atoms with E-state index in [-0.39, 0.29) is 5.82 Å². The van der Waals surface area contributed by atoms with Crippen LogP contribution in [0.25, 0.3) is 188 Å². The van der Waals surface area contributed by atoms with Crippen molar-refractivity contribution in [1.29, 1.82) is 0 Å². The minimum atomic E-state index is -0.301. The van der Waals surface area contributed by atoms with Gasteiger partial charge in [-0.1, -0.05) is 170 Å². The number of fused-ring (bicyclic) bond motifs is 15. The first-order valence-corrected chi connectivity index (χ1v) is 31.6. The number of aromatic nitrogens is 6. The summed E-state index contributed by atoms with van der Waals surface area (Å²) in [4.78, 5) is 11.3. The standard InChI is InChI=1S/C86H51FN6/c87-59-39-33-53(34-40-59)84-83-68-27-15-17-52-18-16-28-69(82(52)68)85(83)89-86(88-84)58-45-62(92-76-31-13-9-25-66(76)72-49-56(37-43-80(72)92)54-35-41-78-70(47-54)64-23-7-11-29-74(64)90(78)60-19-3-1-4-20-60)51-63(46-58)93-77-32-14-10-26-67(77)73-50-57(38-44-81(73)93)55-36-42-79-71(48-55)65-24-8-12-30-75(65)91(79)61-21-5-2-6-22-61/h1-51H. The van der Waals surface area contributed by atoms with Gasteiger partial charge in [0.2, 0.25) is 0 Å². The zero-order valence-corrected chi connectivity index (χ0v) is 50.0. The molecule has 1 aliphatic carbocycles. The highest BCUT2D eigenvalue weighted by Gasteiger charge is 2.29. The lowest BCUT2D eigenvalue weighted by Crippen LogP contribution is -2.02. The highest BCUT2D eigenvalue weighted by Crippen LogP contribution is 2.51. The van der Waals surface area contributed by atoms with Gasteiger partial charge in [-0.05, 0) is 178 Å². The molecule has 0 radical (unpaired) electrons. The van der Waals surface area contributed by atoms with E-state index in [1.807, 2.05) is 12.1 Å². The Balaban J connectivity index is 0.806. The van der Waals surface area contributed by atoms with Crippen LogP contribution in [0.4, 0.5) is 4.39 Å². The molecule has 6 nitrogen and oxygen atoms in total. The Morgan fingerprint density at radius 3 is 1.02 bits per heavy atom. The average molecular weight is 1190 g/mol. The van der Waals surface area contributed by atoms with Crippen LogP contribution in [0, 0.1) is 5.82 Å². The lowest BCUT2D eigenvalue weighted by atomic mass is 9.99. The van der Waals surface area contributed by atoms with E-state index in [0.717, 1.165) is 139 Å². The first-order chi connectivity index (χ1) is 46.0. The van der Waals surface area contributed by atoms with Crippen LogP contribution >= 0.6 is 0 Å². The number of halogens is 1. The quantitative estimate of drug-likeness (QED) is 0.152. The summed E-state index contributed by atoms with van der Waals surface area (Å²) < 4.78 is 24.5. The number of nitrogens with zero attached hydrogens (tertiary/aromatic N) is 6. The van der Waals surface area contributed by atoms with Gasteiger partial charge in [-0.15, -0.1) is 0 Å². The van der Waals surface area contributed by atoms with E-state index in [4.69, 9.17) is 9.97 Å². The highest BCUT2D eigenvalue weighted by molar-refractivity contribution is 6.18. The van der Waals surface area contributed by atoms with E-state index in [1.165, 1.54) is 55.7 Å². The minimum Gasteiger partial charge on any atom is -0.309 e. The van der Waals surface area contributed by atoms with Crippen molar-refractivity contribution in [2.24, 2.45) is 0 Å². The van der Waals surface area contributed by atoms with Gasteiger partial charge < -0.3 is 18.3 Å². The largest absolute Gasteiger partial charge is 0.309 e. The normalized spacial score (nSPS) is 12.1. The monoisotopic (exact) mass is 1190 g/mol. The summed E-state index contributed by atoms with van der Waals surface area (Å²) in [6.07, 6.45) is 0. The molecule has 0 bridgehead atoms. The summed E-state index contributed by atoms with van der Waals surface area (Å²) in [6.45, 7) is 0. The van der Waals surface area contributed by atoms with Crippen molar-refractivity contribution in [3.8, 4) is 90.0 Å². The molecule has 0 saturated carbocycles. The molecule has 432 valence electrons. The van der Waals surface area contributed by atoms with Crippen LogP contribution in [0.5, 0.6) is 0 Å². The number of hydrogen-bond donors (Lipinski definition) is 0. The maximum atomic E-state index is 14.9. The molecule has 0 aliphatic heterocycles. The molecular weight excluding hydrogens is 1140 g/mol. The molecule has 5 aromatic heterocycles. The molecule has 20 rings (SSSR count). The molecule has 19 aromatic rings. The third kappa shape index (κ3) is 7.68. The summed E-state index contributed by atoms with van der Waals surface area (Å²) in [5, 5.41) is 11.7. The summed E-state index contributed by atoms with van der Waals surface area (Å²) in [7, 11) is 0. The molecular formula is C86H51FN6. The Kier molecular flexibility index (Phi) is 10.9. The Hall–Kier alpha value is -12.5. The van der Waals surface area contributed by atoms with Crippen molar-refractivity contribution < 1.29 is 4.39 Å². The van der Waals surface area contributed by atoms with E-state index < -0.39 is 0 Å². The van der Waals surface area contributed by atoms with Gasteiger partial charge in [0.05, 0.1) is 55.5 Å². The second-order valence-electron chi connectivity index (χ2n) is 24.6. The van der Waals surface area contributed by atoms with Crippen molar-refractivity contribution >= 4 is 98.0 Å². The van der Waals surface area contributed by atoms with Crippen LogP contribution in [-0.2, 0) is 0 Å². The van der Waals surface area contributed by atoms with Gasteiger partial charge in [-0.3, -0.25) is 0 Å². The van der Waals surface area contributed by atoms with Crippen LogP contribution in [0.3, 0.4) is 0 Å². The average Bonchev–Trinajstić information content (AvgIpc) is 1.63. The molecule has 7 heteroatoms. The van der Waals surface area contributed by atoms with Gasteiger partial charge in [0, 0.05) is 88.1 Å². The molecule has 1 aliphatic rings. The Morgan fingerprint density at radius 1 is 0.237 bits per heavy atom. The van der Waals surface area contributed by atoms with Crippen molar-refractivity contribution in [2.75, 3.05) is 0 Å². The molecule has 93 heavy (non-hydrogen) atoms. The predicted octanol–water partition coefficient (Wildman–Crippen LogP) is 22.5. The summed E-state index contributed by atoms with van der Waals surface area (Å²) in [6, 6.07) is 110. The van der Waals surface area contributed by atoms with Crippen molar-refractivity contribution in [1.82, 2.24) is 28.2 Å². The zero-order valence-electron chi connectivity index (χ0n) is 50.0. The fourth-order valence-electron chi connectivity index (χ4n) is 15.5. The molecule has 0 saturated heterocycles. The third-order valence-electron chi connectivity index (χ3n) is 19.5. The fraction of sp³-hybridized carbons (Fsp3) is 0. The molecule has 0 amide bonds. The lowest BCUT2D eigenvalue weighted by Gasteiger charge is -2.17. The van der Waals surface area contributed by atoms with Gasteiger partial charge in [0.15, 0.2) is 5.82 Å². The molecule has 5 heterocycles. The van der Waals surface area contributed by atoms with Crippen molar-refractivity contribution in [3.63, 3.8) is 0 Å². The van der Waals surface area contributed by atoms with E-state index >= 15 is 0 Å². The van der Waals surface area contributed by atoms with Gasteiger partial charge in [-0.25, -0.2) is 14.4 Å². The molecule has 0 N–H and O–H groups in total. The Morgan fingerprint density at radius 2 is 0.591 bits per heavy atom. The predicted molar refractivity (Wildman–Crippen MR) is 383 cm³/mol. The fourth-order valence-corrected chi connectivity index (χ4v) is 15.5. The third-order valence-corrected chi connectivity index (χ3v) is 19.5. The van der Waals surface area contributed by atoms with Crippen LogP contribution in [-0.4, -0.2) is 28.2 Å². The van der Waals surface area contributed by atoms with E-state index in [2.05, 4.69) is 303 Å². The van der Waals surface area contributed by atoms with Crippen molar-refractivity contribution in [3.05, 3.63) is 315 Å². The van der Waals surface area contributed by atoms with Gasteiger partial charge in [0.1, 0.15) is 5.82 Å². The minimum absolute atomic E-state index is 0.301. The second-order valence-corrected chi connectivity index (χ2v) is 24.6. The van der Waals surface area contributed by atoms with Crippen LogP contribution in [0.15, 0.2) is 309 Å². The molecule has 14 aromatic carbocycles. The topological polar surface area (TPSA) is 45.5 Å². The van der Waals surface area contributed by atoms with E-state index in [0.29, 0.717) is 5.82 Å². The second kappa shape index (κ2) is 19.8. The number of benzene rings is 14. The molecule has 0 unspecified atom stereocenters. The summed E-state index contributed by atoms with van der Waals surface area (Å²) in [5.74, 6) is 0.269. The van der Waals surface area contributed by atoms with E-state index in [1.54, 1.807) is 0 Å². The lowest BCUT2D eigenvalue weighted by molar-refractivity contribution is 0.628. The highest BCUT2D eigenvalue weighted by atomic mass is 19.1. The summed E-state index contributed by atoms with van der Waals surface area (Å²) in [5.41, 5.74) is 24.1. The van der Waals surface area contributed by atoms with Crippen LogP contribution < -0.4 is 0 Å². The first-order valence-electron chi connectivity index (χ1n) is 31.6. The van der Waals surface area contributed by atoms with Gasteiger partial charge in [-0.2, -0.15) is 0 Å². The van der Waals surface area contributed by atoms with E-state index in [9.17, 15) is 4.39 Å². The SMILES string of the molecule is Fc1ccc(-c2nc(-c3cc(-n4c5ccccc5c5cc(-c6ccc7c(c6)c6ccccc6n7-c6ccccc6)ccc54)cc(-n4c5ccccc5c5cc(-c6ccc7c(c6)c6ccccc6n7-c6ccccc6)ccc54)c3)nc3c2-c2cccc4cccc-3c24)cc1. The molecule has 0 spiro atoms. The Bertz CT molecular complexity index is 6070. The summed E-state index contributed by atoms with van der Waals surface area (Å²) >= 11 is 0.